The van der Waals surface area contributed by atoms with Crippen molar-refractivity contribution in [3.63, 3.8) is 0 Å². The zero-order valence-electron chi connectivity index (χ0n) is 22.2. The fourth-order valence-corrected chi connectivity index (χ4v) is 4.33. The fraction of sp³-hybridized carbons (Fsp3) is 0.464. The van der Waals surface area contributed by atoms with Gasteiger partial charge in [0.2, 0.25) is 11.8 Å². The number of oxazole rings is 1. The molecule has 2 aliphatic heterocycles. The number of carbonyl (C=O) groups is 4. The standard InChI is InChI=1S/C28H35N3O7/c1-17(2)26-19(4)9-10-24(34)29-11-5-7-18(3)13-20(32)14-21(33)15-25-30-22(16-37-25)27(35)31-12-6-8-23(31)28(36)38-26/h5,7-10,13,16-17,19-20,26,32H,6,11-12,14-15H2,1-4H3,(H,29,34)/t19-,20-,26+/m1/s1. The summed E-state index contributed by atoms with van der Waals surface area (Å²) in [6.45, 7) is 8.00. The third kappa shape index (κ3) is 7.85. The molecule has 10 nitrogen and oxygen atoms in total. The summed E-state index contributed by atoms with van der Waals surface area (Å²) in [7, 11) is 0. The lowest BCUT2D eigenvalue weighted by Gasteiger charge is -2.27. The van der Waals surface area contributed by atoms with Crippen molar-refractivity contribution >= 4 is 23.6 Å². The van der Waals surface area contributed by atoms with E-state index in [0.717, 1.165) is 11.8 Å². The van der Waals surface area contributed by atoms with E-state index in [4.69, 9.17) is 9.15 Å². The Morgan fingerprint density at radius 2 is 1.95 bits per heavy atom. The number of aliphatic hydroxyl groups is 1. The lowest BCUT2D eigenvalue weighted by atomic mass is 9.94. The van der Waals surface area contributed by atoms with E-state index in [1.54, 1.807) is 37.3 Å². The number of ether oxygens (including phenoxy) is 1. The molecule has 204 valence electrons. The minimum absolute atomic E-state index is 0.0315. The summed E-state index contributed by atoms with van der Waals surface area (Å²) in [6, 6.07) is 0. The average molecular weight is 526 g/mol. The summed E-state index contributed by atoms with van der Waals surface area (Å²) in [5, 5.41) is 13.0. The van der Waals surface area contributed by atoms with Crippen LogP contribution >= 0.6 is 0 Å². The highest BCUT2D eigenvalue weighted by Gasteiger charge is 2.33. The third-order valence-corrected chi connectivity index (χ3v) is 6.19. The van der Waals surface area contributed by atoms with E-state index in [9.17, 15) is 24.3 Å². The number of nitrogens with one attached hydrogen (secondary N) is 1. The SMILES string of the molecule is CC1=C[C@@H](O)CC(=O)Cc2nc(co2)C(=O)N2CCC=C2C(=O)O[C@@H](C(C)C)[C@H](C)C=CC(=O)NCC=C1. The van der Waals surface area contributed by atoms with Crippen LogP contribution < -0.4 is 5.32 Å². The molecule has 0 saturated carbocycles. The van der Waals surface area contributed by atoms with Gasteiger partial charge in [-0.3, -0.25) is 14.4 Å². The minimum atomic E-state index is -1.01. The van der Waals surface area contributed by atoms with Gasteiger partial charge in [0, 0.05) is 25.4 Å². The summed E-state index contributed by atoms with van der Waals surface area (Å²) >= 11 is 0. The van der Waals surface area contributed by atoms with Crippen LogP contribution in [0.3, 0.4) is 0 Å². The number of carbonyl (C=O) groups excluding carboxylic acids is 4. The van der Waals surface area contributed by atoms with E-state index in [1.165, 1.54) is 11.0 Å². The fourth-order valence-electron chi connectivity index (χ4n) is 4.33. The van der Waals surface area contributed by atoms with Gasteiger partial charge in [0.05, 0.1) is 12.5 Å². The summed E-state index contributed by atoms with van der Waals surface area (Å²) < 4.78 is 11.1. The minimum Gasteiger partial charge on any atom is -0.457 e. The molecule has 0 aliphatic carbocycles. The Balaban J connectivity index is 1.86. The Hall–Kier alpha value is -3.79. The quantitative estimate of drug-likeness (QED) is 0.534. The van der Waals surface area contributed by atoms with Crippen LogP contribution in [0.2, 0.25) is 0 Å². The highest BCUT2D eigenvalue weighted by molar-refractivity contribution is 6.00. The van der Waals surface area contributed by atoms with Crippen molar-refractivity contribution in [3.8, 4) is 0 Å². The van der Waals surface area contributed by atoms with E-state index < -0.39 is 24.1 Å². The predicted molar refractivity (Wildman–Crippen MR) is 139 cm³/mol. The lowest BCUT2D eigenvalue weighted by Crippen LogP contribution is -2.36. The first-order chi connectivity index (χ1) is 18.0. The van der Waals surface area contributed by atoms with Crippen LogP contribution in [0.5, 0.6) is 0 Å². The summed E-state index contributed by atoms with van der Waals surface area (Å²) in [5.41, 5.74) is 0.809. The smallest absolute Gasteiger partial charge is 0.355 e. The number of hydrogen-bond acceptors (Lipinski definition) is 8. The van der Waals surface area contributed by atoms with E-state index >= 15 is 0 Å². The highest BCUT2D eigenvalue weighted by atomic mass is 16.5. The molecule has 2 bridgehead atoms. The van der Waals surface area contributed by atoms with Crippen molar-refractivity contribution in [1.82, 2.24) is 15.2 Å². The van der Waals surface area contributed by atoms with Crippen LogP contribution in [-0.2, 0) is 25.5 Å². The number of Topliss-reactive ketones (excluding diaryl/α,β-unsaturated/α-hetero) is 1. The van der Waals surface area contributed by atoms with Crippen LogP contribution in [0.1, 0.15) is 56.9 Å². The molecule has 3 atom stereocenters. The van der Waals surface area contributed by atoms with Gasteiger partial charge in [0.25, 0.3) is 5.91 Å². The molecule has 3 heterocycles. The Kier molecular flexibility index (Phi) is 9.95. The van der Waals surface area contributed by atoms with Crippen LogP contribution in [0.15, 0.2) is 58.4 Å². The van der Waals surface area contributed by atoms with Gasteiger partial charge in [0.1, 0.15) is 23.8 Å². The van der Waals surface area contributed by atoms with Crippen LogP contribution in [0.25, 0.3) is 0 Å². The Bertz CT molecular complexity index is 1170. The molecule has 2 amide bonds. The number of aromatic nitrogens is 1. The monoisotopic (exact) mass is 525 g/mol. The van der Waals surface area contributed by atoms with Gasteiger partial charge in [-0.1, -0.05) is 56.7 Å². The zero-order valence-corrected chi connectivity index (χ0v) is 22.2. The molecule has 3 rings (SSSR count). The molecule has 0 aromatic carbocycles. The molecule has 38 heavy (non-hydrogen) atoms. The van der Waals surface area contributed by atoms with Gasteiger partial charge < -0.3 is 24.5 Å². The number of amides is 2. The van der Waals surface area contributed by atoms with Crippen molar-refractivity contribution < 1.29 is 33.4 Å². The molecule has 0 fully saturated rings. The number of fused-ring (bicyclic) bond motifs is 3. The number of esters is 1. The summed E-state index contributed by atoms with van der Waals surface area (Å²) in [5.74, 6) is -2.07. The van der Waals surface area contributed by atoms with Gasteiger partial charge in [-0.2, -0.15) is 0 Å². The first-order valence-corrected chi connectivity index (χ1v) is 12.7. The second kappa shape index (κ2) is 13.1. The normalized spacial score (nSPS) is 24.6. The Morgan fingerprint density at radius 3 is 2.68 bits per heavy atom. The Labute approximate surface area is 222 Å². The first-order valence-electron chi connectivity index (χ1n) is 12.7. The van der Waals surface area contributed by atoms with Gasteiger partial charge in [-0.05, 0) is 25.3 Å². The van der Waals surface area contributed by atoms with Crippen molar-refractivity contribution in [3.05, 3.63) is 65.6 Å². The van der Waals surface area contributed by atoms with Crippen molar-refractivity contribution in [2.75, 3.05) is 13.1 Å². The molecule has 1 aromatic heterocycles. The van der Waals surface area contributed by atoms with Crippen molar-refractivity contribution in [2.24, 2.45) is 11.8 Å². The number of rotatable bonds is 1. The molecule has 2 N–H and O–H groups in total. The van der Waals surface area contributed by atoms with E-state index in [1.807, 2.05) is 20.8 Å². The summed E-state index contributed by atoms with van der Waals surface area (Å²) in [4.78, 5) is 56.3. The number of aliphatic hydroxyl groups excluding tert-OH is 1. The molecule has 2 aliphatic rings. The molecular weight excluding hydrogens is 490 g/mol. The highest BCUT2D eigenvalue weighted by Crippen LogP contribution is 2.24. The second-order valence-electron chi connectivity index (χ2n) is 9.84. The van der Waals surface area contributed by atoms with Crippen LogP contribution in [-0.4, -0.2) is 63.9 Å². The number of cyclic esters (lactones) is 1. The number of hydrogen-bond donors (Lipinski definition) is 2. The lowest BCUT2D eigenvalue weighted by molar-refractivity contribution is -0.149. The van der Waals surface area contributed by atoms with Crippen LogP contribution in [0, 0.1) is 11.8 Å². The van der Waals surface area contributed by atoms with Crippen molar-refractivity contribution in [1.29, 1.82) is 0 Å². The van der Waals surface area contributed by atoms with E-state index in [-0.39, 0.29) is 66.7 Å². The third-order valence-electron chi connectivity index (χ3n) is 6.19. The van der Waals surface area contributed by atoms with E-state index in [0.29, 0.717) is 6.42 Å². The van der Waals surface area contributed by atoms with Gasteiger partial charge in [0.15, 0.2) is 5.69 Å². The maximum Gasteiger partial charge on any atom is 0.355 e. The molecule has 0 unspecified atom stereocenters. The molecule has 0 spiro atoms. The maximum atomic E-state index is 13.1. The molecular formula is C28H35N3O7. The van der Waals surface area contributed by atoms with Gasteiger partial charge in [-0.15, -0.1) is 0 Å². The topological polar surface area (TPSA) is 139 Å². The van der Waals surface area contributed by atoms with Gasteiger partial charge >= 0.3 is 5.97 Å². The van der Waals surface area contributed by atoms with Crippen LogP contribution in [0.4, 0.5) is 0 Å². The van der Waals surface area contributed by atoms with Gasteiger partial charge in [-0.25, -0.2) is 9.78 Å². The maximum absolute atomic E-state index is 13.1. The number of allylic oxidation sites excluding steroid dienone is 2. The summed E-state index contributed by atoms with van der Waals surface area (Å²) in [6.07, 6.45) is 9.48. The zero-order chi connectivity index (χ0) is 27.8. The molecule has 10 heteroatoms. The number of ketones is 1. The molecule has 0 radical (unpaired) electrons. The Morgan fingerprint density at radius 1 is 1.18 bits per heavy atom. The largest absolute Gasteiger partial charge is 0.457 e. The van der Waals surface area contributed by atoms with E-state index in [2.05, 4.69) is 10.3 Å². The first kappa shape index (κ1) is 28.8. The van der Waals surface area contributed by atoms with Crippen molar-refractivity contribution in [2.45, 2.75) is 59.2 Å². The average Bonchev–Trinajstić information content (AvgIpc) is 3.52. The second-order valence-corrected chi connectivity index (χ2v) is 9.84. The molecule has 1 aromatic rings. The predicted octanol–water partition coefficient (Wildman–Crippen LogP) is 2.66. The molecule has 0 saturated heterocycles. The number of nitrogens with zero attached hydrogens (tertiary/aromatic N) is 2.